The van der Waals surface area contributed by atoms with Gasteiger partial charge in [0, 0.05) is 6.20 Å². The lowest BCUT2D eigenvalue weighted by Gasteiger charge is -2.14. The van der Waals surface area contributed by atoms with E-state index in [1.165, 1.54) is 6.07 Å². The molecule has 0 aromatic carbocycles. The van der Waals surface area contributed by atoms with Crippen LogP contribution in [0.4, 0.5) is 0 Å². The Hall–Kier alpha value is -1.44. The van der Waals surface area contributed by atoms with Crippen LogP contribution in [-0.2, 0) is 4.74 Å². The van der Waals surface area contributed by atoms with E-state index in [9.17, 15) is 5.11 Å². The zero-order valence-electron chi connectivity index (χ0n) is 9.28. The van der Waals surface area contributed by atoms with E-state index in [4.69, 9.17) is 20.0 Å². The summed E-state index contributed by atoms with van der Waals surface area (Å²) in [5.41, 5.74) is 0.0967. The molecule has 2 aliphatic heterocycles. The highest BCUT2D eigenvalue weighted by Gasteiger charge is 2.50. The molecular weight excluding hydrogens is 214 g/mol. The van der Waals surface area contributed by atoms with Gasteiger partial charge < -0.3 is 19.7 Å². The van der Waals surface area contributed by atoms with Gasteiger partial charge in [0.25, 0.3) is 0 Å². The molecule has 16 heavy (non-hydrogen) atoms. The predicted molar refractivity (Wildman–Crippen MR) is 50.6 cm³/mol. The van der Waals surface area contributed by atoms with Crippen molar-refractivity contribution in [1.82, 2.24) is 9.55 Å². The molecule has 0 bridgehead atoms. The number of nitrogens with one attached hydrogen (secondary N) is 1. The quantitative estimate of drug-likeness (QED) is 0.540. The largest absolute Gasteiger partial charge is 1.00 e. The topological polar surface area (TPSA) is 101 Å². The summed E-state index contributed by atoms with van der Waals surface area (Å²) in [6.07, 6.45) is -0.930. The monoisotopic (exact) mass is 226 g/mol. The number of aliphatic hydroxyl groups excluding tert-OH is 2. The first-order valence-corrected chi connectivity index (χ1v) is 4.95. The lowest BCUT2D eigenvalue weighted by molar-refractivity contribution is -0.0434. The molecule has 4 atom stereocenters. The highest BCUT2D eigenvalue weighted by molar-refractivity contribution is 5.10. The van der Waals surface area contributed by atoms with E-state index in [1.807, 2.05) is 0 Å². The van der Waals surface area contributed by atoms with Gasteiger partial charge in [0.1, 0.15) is 12.2 Å². The molecule has 1 fully saturated rings. The van der Waals surface area contributed by atoms with Gasteiger partial charge in [-0.1, -0.05) is 0 Å². The van der Waals surface area contributed by atoms with E-state index >= 15 is 0 Å². The van der Waals surface area contributed by atoms with Gasteiger partial charge in [-0.3, -0.25) is 9.98 Å². The number of fused-ring (bicyclic) bond motifs is 3. The fourth-order valence-electron chi connectivity index (χ4n) is 2.04. The molecule has 0 saturated carbocycles. The van der Waals surface area contributed by atoms with E-state index in [0.717, 1.165) is 0 Å². The molecule has 2 aliphatic rings. The Kier molecular flexibility index (Phi) is 2.00. The van der Waals surface area contributed by atoms with E-state index in [0.29, 0.717) is 0 Å². The van der Waals surface area contributed by atoms with Crippen LogP contribution in [-0.4, -0.2) is 44.7 Å². The van der Waals surface area contributed by atoms with Crippen LogP contribution in [0.5, 0.6) is 6.01 Å². The minimum absolute atomic E-state index is 0. The molecule has 3 heterocycles. The van der Waals surface area contributed by atoms with E-state index in [1.54, 1.807) is 10.8 Å². The normalized spacial score (nSPS) is 35.6. The van der Waals surface area contributed by atoms with Crippen LogP contribution in [0.25, 0.3) is 0 Å². The molecule has 86 valence electrons. The first-order chi connectivity index (χ1) is 7.70. The van der Waals surface area contributed by atoms with Crippen LogP contribution in [0, 0.1) is 5.41 Å². The maximum absolute atomic E-state index is 9.80. The maximum Gasteiger partial charge on any atom is 1.00 e. The van der Waals surface area contributed by atoms with Gasteiger partial charge in [0.15, 0.2) is 17.8 Å². The average Bonchev–Trinajstić information content (AvgIpc) is 2.75. The van der Waals surface area contributed by atoms with Crippen molar-refractivity contribution >= 4 is 0 Å². The van der Waals surface area contributed by atoms with E-state index in [2.05, 4.69) is 4.98 Å². The zero-order valence-corrected chi connectivity index (χ0v) is 8.28. The van der Waals surface area contributed by atoms with Crippen LogP contribution in [0.15, 0.2) is 12.3 Å². The second-order valence-corrected chi connectivity index (χ2v) is 3.82. The fraction of sp³-hybridized carbons (Fsp3) is 0.556. The van der Waals surface area contributed by atoms with Gasteiger partial charge in [0.05, 0.1) is 6.61 Å². The van der Waals surface area contributed by atoms with Crippen molar-refractivity contribution < 1.29 is 21.1 Å². The summed E-state index contributed by atoms with van der Waals surface area (Å²) in [5.74, 6) is 0. The number of ether oxygens (including phenoxy) is 2. The molecule has 0 spiro atoms. The third kappa shape index (κ3) is 1.19. The number of hydrogen-bond acceptors (Lipinski definition) is 6. The highest BCUT2D eigenvalue weighted by Crippen LogP contribution is 2.38. The molecule has 1 saturated heterocycles. The Morgan fingerprint density at radius 3 is 3.19 bits per heavy atom. The zero-order chi connectivity index (χ0) is 11.3. The second-order valence-electron chi connectivity index (χ2n) is 3.82. The van der Waals surface area contributed by atoms with Crippen LogP contribution in [0.2, 0.25) is 0 Å². The molecule has 0 amide bonds. The van der Waals surface area contributed by atoms with Crippen molar-refractivity contribution in [2.45, 2.75) is 24.5 Å². The van der Waals surface area contributed by atoms with Crippen molar-refractivity contribution in [3.63, 3.8) is 0 Å². The first kappa shape index (κ1) is 9.76. The lowest BCUT2D eigenvalue weighted by atomic mass is 10.1. The summed E-state index contributed by atoms with van der Waals surface area (Å²) < 4.78 is 12.5. The van der Waals surface area contributed by atoms with Crippen LogP contribution >= 0.6 is 0 Å². The summed E-state index contributed by atoms with van der Waals surface area (Å²) in [5, 5.41) is 26.1. The number of rotatable bonds is 1. The number of aliphatic hydroxyl groups is 2. The van der Waals surface area contributed by atoms with E-state index in [-0.39, 0.29) is 19.5 Å². The molecule has 3 N–H and O–H groups in total. The standard InChI is InChI=1S/C9H11N3O4/c10-5-1-2-12-8-7(16-9(12)11-5)6(14)4(3-13)15-8/h1-2,4,6-8,10,13-14H,3H2/p+1/t4-,6-,7+,8-/m1/s1. The Bertz CT molecular complexity index is 480. The molecule has 0 unspecified atom stereocenters. The van der Waals surface area contributed by atoms with Gasteiger partial charge in [-0.05, 0) is 6.07 Å². The summed E-state index contributed by atoms with van der Waals surface area (Å²) in [6.45, 7) is -0.253. The van der Waals surface area contributed by atoms with E-state index < -0.39 is 24.5 Å². The molecule has 1 aromatic rings. The Morgan fingerprint density at radius 2 is 2.44 bits per heavy atom. The summed E-state index contributed by atoms with van der Waals surface area (Å²) in [7, 11) is 0. The van der Waals surface area contributed by atoms with Crippen LogP contribution in [0.1, 0.15) is 7.65 Å². The van der Waals surface area contributed by atoms with Crippen molar-refractivity contribution in [2.75, 3.05) is 6.61 Å². The number of hydrogen-bond donors (Lipinski definition) is 3. The van der Waals surface area contributed by atoms with Crippen LogP contribution in [0.3, 0.4) is 0 Å². The van der Waals surface area contributed by atoms with Gasteiger partial charge in [-0.25, -0.2) is 0 Å². The third-order valence-corrected chi connectivity index (χ3v) is 2.84. The smallest absolute Gasteiger partial charge is 0.454 e. The molecule has 1 aromatic heterocycles. The molecule has 0 radical (unpaired) electrons. The highest BCUT2D eigenvalue weighted by atomic mass is 16.6. The number of aromatic nitrogens is 2. The van der Waals surface area contributed by atoms with Crippen molar-refractivity contribution in [2.24, 2.45) is 0 Å². The Morgan fingerprint density at radius 1 is 1.62 bits per heavy atom. The average molecular weight is 226 g/mol. The maximum atomic E-state index is 9.80. The molecule has 3 rings (SSSR count). The van der Waals surface area contributed by atoms with Gasteiger partial charge in [-0.15, -0.1) is 0 Å². The Balaban J connectivity index is 0.00000108. The SMILES string of the molecule is N=c1ccn2c(n1)O[C@H]1[C@H](O)[C@@H](CO)O[C@H]12.[H+]. The van der Waals surface area contributed by atoms with Gasteiger partial charge >= 0.3 is 7.44 Å². The Labute approximate surface area is 91.9 Å². The minimum atomic E-state index is -0.883. The minimum Gasteiger partial charge on any atom is -0.454 e. The first-order valence-electron chi connectivity index (χ1n) is 4.95. The van der Waals surface area contributed by atoms with Gasteiger partial charge in [-0.2, -0.15) is 4.98 Å². The van der Waals surface area contributed by atoms with Crippen molar-refractivity contribution in [3.05, 3.63) is 17.8 Å². The molecule has 7 nitrogen and oxygen atoms in total. The lowest BCUT2D eigenvalue weighted by Crippen LogP contribution is -2.34. The second kappa shape index (κ2) is 3.27. The summed E-state index contributed by atoms with van der Waals surface area (Å²) in [4.78, 5) is 3.88. The summed E-state index contributed by atoms with van der Waals surface area (Å²) in [6, 6.07) is 1.77. The fourth-order valence-corrected chi connectivity index (χ4v) is 2.04. The van der Waals surface area contributed by atoms with Crippen molar-refractivity contribution in [3.8, 4) is 6.01 Å². The molecule has 0 aliphatic carbocycles. The molecular formula is C9H12N3O4+. The van der Waals surface area contributed by atoms with Crippen molar-refractivity contribution in [1.29, 1.82) is 5.41 Å². The number of nitrogens with zero attached hydrogens (tertiary/aromatic N) is 2. The molecule has 7 heteroatoms. The van der Waals surface area contributed by atoms with Gasteiger partial charge in [0.2, 0.25) is 0 Å². The predicted octanol–water partition coefficient (Wildman–Crippen LogP) is -1.51. The third-order valence-electron chi connectivity index (χ3n) is 2.84. The summed E-state index contributed by atoms with van der Waals surface area (Å²) >= 11 is 0. The van der Waals surface area contributed by atoms with Crippen LogP contribution < -0.4 is 10.2 Å².